The van der Waals surface area contributed by atoms with Crippen LogP contribution in [0.2, 0.25) is 0 Å². The Kier molecular flexibility index (Phi) is 3.49. The van der Waals surface area contributed by atoms with E-state index in [2.05, 4.69) is 5.32 Å². The molecule has 0 amide bonds. The van der Waals surface area contributed by atoms with Gasteiger partial charge in [0.25, 0.3) is 0 Å². The zero-order valence-electron chi connectivity index (χ0n) is 7.40. The zero-order valence-corrected chi connectivity index (χ0v) is 8.91. The summed E-state index contributed by atoms with van der Waals surface area (Å²) < 4.78 is 0. The lowest BCUT2D eigenvalue weighted by Gasteiger charge is -2.13. The van der Waals surface area contributed by atoms with Gasteiger partial charge in [-0.25, -0.2) is 0 Å². The Morgan fingerprint density at radius 2 is 2.21 bits per heavy atom. The summed E-state index contributed by atoms with van der Waals surface area (Å²) in [6.07, 6.45) is 3.59. The van der Waals surface area contributed by atoms with E-state index in [9.17, 15) is 4.79 Å². The first-order valence-electron chi connectivity index (χ1n) is 3.81. The van der Waals surface area contributed by atoms with Gasteiger partial charge < -0.3 is 10.7 Å². The predicted molar refractivity (Wildman–Crippen MR) is 57.7 cm³/mol. The quantitative estimate of drug-likeness (QED) is 0.563. The number of nitrogens with one attached hydrogen (secondary N) is 2. The van der Waals surface area contributed by atoms with Gasteiger partial charge in [0, 0.05) is 12.6 Å². The predicted octanol–water partition coefficient (Wildman–Crippen LogP) is 1.94. The van der Waals surface area contributed by atoms with E-state index in [1.54, 1.807) is 7.05 Å². The number of hydrogen-bond acceptors (Lipinski definition) is 3. The second kappa shape index (κ2) is 4.44. The normalized spacial score (nSPS) is 19.8. The smallest absolute Gasteiger partial charge is 0.151 e. The van der Waals surface area contributed by atoms with E-state index in [0.29, 0.717) is 17.4 Å². The molecule has 0 aliphatic heterocycles. The molecular weight excluding hydrogens is 223 g/mol. The molecule has 0 fully saturated rings. The van der Waals surface area contributed by atoms with Crippen molar-refractivity contribution >= 4 is 35.2 Å². The Hall–Kier alpha value is -1.06. The van der Waals surface area contributed by atoms with Crippen molar-refractivity contribution in [2.75, 3.05) is 7.05 Å². The van der Waals surface area contributed by atoms with Crippen LogP contribution in [0.3, 0.4) is 0 Å². The summed E-state index contributed by atoms with van der Waals surface area (Å²) in [7, 11) is 1.62. The van der Waals surface area contributed by atoms with Crippen molar-refractivity contribution < 1.29 is 4.79 Å². The van der Waals surface area contributed by atoms with Crippen molar-refractivity contribution in [2.45, 2.75) is 0 Å². The fourth-order valence-electron chi connectivity index (χ4n) is 1.02. The highest BCUT2D eigenvalue weighted by Gasteiger charge is 2.18. The van der Waals surface area contributed by atoms with Gasteiger partial charge >= 0.3 is 0 Å². The Bertz CT molecular complexity index is 380. The van der Waals surface area contributed by atoms with Crippen LogP contribution >= 0.6 is 23.2 Å². The van der Waals surface area contributed by atoms with E-state index in [-0.39, 0.29) is 15.9 Å². The van der Waals surface area contributed by atoms with Crippen LogP contribution in [0.1, 0.15) is 0 Å². The van der Waals surface area contributed by atoms with Gasteiger partial charge in [-0.05, 0) is 12.2 Å². The molecule has 1 aliphatic carbocycles. The molecule has 0 bridgehead atoms. The Labute approximate surface area is 91.6 Å². The number of carbonyl (C=O) groups is 1. The number of rotatable bonds is 2. The summed E-state index contributed by atoms with van der Waals surface area (Å²) >= 11 is 11.7. The van der Waals surface area contributed by atoms with Gasteiger partial charge in [0.15, 0.2) is 6.29 Å². The average molecular weight is 231 g/mol. The van der Waals surface area contributed by atoms with E-state index < -0.39 is 0 Å². The van der Waals surface area contributed by atoms with Gasteiger partial charge in [-0.1, -0.05) is 23.2 Å². The van der Waals surface area contributed by atoms with Crippen LogP contribution in [0.5, 0.6) is 0 Å². The van der Waals surface area contributed by atoms with Gasteiger partial charge in [-0.15, -0.1) is 0 Å². The molecular formula is C9H8Cl2N2O. The zero-order chi connectivity index (χ0) is 10.7. The summed E-state index contributed by atoms with van der Waals surface area (Å²) in [5, 5.41) is 10.7. The van der Waals surface area contributed by atoms with Gasteiger partial charge in [0.2, 0.25) is 0 Å². The number of hydrogen-bond donors (Lipinski definition) is 2. The lowest BCUT2D eigenvalue weighted by Crippen LogP contribution is -2.13. The standard InChI is InChI=1S/C9H8Cl2N2O/c1-13-9(11)7-6(12)3-2-5(4-14)8(7)10/h2-4,12-13H,1H3/b9-7+,12-6?. The molecule has 0 aromatic carbocycles. The van der Waals surface area contributed by atoms with E-state index in [0.717, 1.165) is 0 Å². The number of carbonyl (C=O) groups excluding carboxylic acids is 1. The van der Waals surface area contributed by atoms with Crippen LogP contribution in [-0.2, 0) is 4.79 Å². The SMILES string of the molecule is CN/C(Cl)=C1\C(=N)C=CC(C=O)=C1Cl. The highest BCUT2D eigenvalue weighted by Crippen LogP contribution is 2.28. The molecule has 0 spiro atoms. The highest BCUT2D eigenvalue weighted by molar-refractivity contribution is 6.42. The van der Waals surface area contributed by atoms with Crippen molar-refractivity contribution in [3.63, 3.8) is 0 Å². The summed E-state index contributed by atoms with van der Waals surface area (Å²) in [5.41, 5.74) is 0.853. The second-order valence-corrected chi connectivity index (χ2v) is 3.33. The minimum absolute atomic E-state index is 0.181. The third kappa shape index (κ3) is 1.89. The summed E-state index contributed by atoms with van der Waals surface area (Å²) in [4.78, 5) is 10.6. The van der Waals surface area contributed by atoms with E-state index >= 15 is 0 Å². The molecule has 0 unspecified atom stereocenters. The van der Waals surface area contributed by atoms with Crippen LogP contribution < -0.4 is 5.32 Å². The van der Waals surface area contributed by atoms with E-state index in [1.807, 2.05) is 0 Å². The molecule has 3 nitrogen and oxygen atoms in total. The number of halogens is 2. The minimum atomic E-state index is 0.181. The molecule has 0 heterocycles. The minimum Gasteiger partial charge on any atom is -0.378 e. The first kappa shape index (κ1) is 11.0. The van der Waals surface area contributed by atoms with Crippen molar-refractivity contribution in [2.24, 2.45) is 0 Å². The second-order valence-electron chi connectivity index (χ2n) is 2.57. The third-order valence-corrected chi connectivity index (χ3v) is 2.52. The number of aldehydes is 1. The lowest BCUT2D eigenvalue weighted by atomic mass is 10.0. The van der Waals surface area contributed by atoms with Crippen molar-refractivity contribution in [1.29, 1.82) is 5.41 Å². The number of allylic oxidation sites excluding steroid dienone is 5. The van der Waals surface area contributed by atoms with Crippen LogP contribution in [0.25, 0.3) is 0 Å². The summed E-state index contributed by atoms with van der Waals surface area (Å²) in [6.45, 7) is 0. The topological polar surface area (TPSA) is 53.0 Å². The molecule has 1 rings (SSSR count). The molecule has 14 heavy (non-hydrogen) atoms. The molecule has 0 atom stereocenters. The monoisotopic (exact) mass is 230 g/mol. The maximum absolute atomic E-state index is 10.6. The van der Waals surface area contributed by atoms with Crippen LogP contribution in [-0.4, -0.2) is 19.0 Å². The van der Waals surface area contributed by atoms with E-state index in [4.69, 9.17) is 28.6 Å². The molecule has 0 saturated carbocycles. The lowest BCUT2D eigenvalue weighted by molar-refractivity contribution is -0.104. The summed E-state index contributed by atoms with van der Waals surface area (Å²) in [6, 6.07) is 0. The van der Waals surface area contributed by atoms with Crippen LogP contribution in [0, 0.1) is 5.41 Å². The molecule has 74 valence electrons. The fraction of sp³-hybridized carbons (Fsp3) is 0.111. The van der Waals surface area contributed by atoms with Gasteiger partial charge in [-0.3, -0.25) is 4.79 Å². The van der Waals surface area contributed by atoms with Gasteiger partial charge in [0.1, 0.15) is 5.16 Å². The Morgan fingerprint density at radius 3 is 2.71 bits per heavy atom. The summed E-state index contributed by atoms with van der Waals surface area (Å²) in [5.74, 6) is 0. The average Bonchev–Trinajstić information content (AvgIpc) is 2.18. The first-order valence-corrected chi connectivity index (χ1v) is 4.57. The highest BCUT2D eigenvalue weighted by atomic mass is 35.5. The van der Waals surface area contributed by atoms with Crippen molar-refractivity contribution in [3.8, 4) is 0 Å². The largest absolute Gasteiger partial charge is 0.378 e. The van der Waals surface area contributed by atoms with Crippen molar-refractivity contribution in [3.05, 3.63) is 33.5 Å². The van der Waals surface area contributed by atoms with Gasteiger partial charge in [-0.2, -0.15) is 0 Å². The first-order chi connectivity index (χ1) is 6.61. The Morgan fingerprint density at radius 1 is 1.57 bits per heavy atom. The van der Waals surface area contributed by atoms with Crippen LogP contribution in [0.15, 0.2) is 33.5 Å². The maximum atomic E-state index is 10.6. The molecule has 1 aliphatic rings. The molecule has 5 heteroatoms. The van der Waals surface area contributed by atoms with E-state index in [1.165, 1.54) is 12.2 Å². The third-order valence-electron chi connectivity index (χ3n) is 1.74. The van der Waals surface area contributed by atoms with Gasteiger partial charge in [0.05, 0.1) is 16.3 Å². The Balaban J connectivity index is 3.32. The molecule has 0 aromatic heterocycles. The fourth-order valence-corrected chi connectivity index (χ4v) is 1.57. The van der Waals surface area contributed by atoms with Crippen molar-refractivity contribution in [1.82, 2.24) is 5.32 Å². The molecule has 0 saturated heterocycles. The maximum Gasteiger partial charge on any atom is 0.151 e. The van der Waals surface area contributed by atoms with Crippen LogP contribution in [0.4, 0.5) is 0 Å². The molecule has 0 aromatic rings. The molecule has 2 N–H and O–H groups in total. The molecule has 0 radical (unpaired) electrons.